The van der Waals surface area contributed by atoms with Gasteiger partial charge in [-0.25, -0.2) is 12.7 Å². The number of rotatable bonds is 4. The summed E-state index contributed by atoms with van der Waals surface area (Å²) >= 11 is 0. The number of anilines is 1. The maximum atomic E-state index is 12.1. The monoisotopic (exact) mass is 320 g/mol. The van der Waals surface area contributed by atoms with Gasteiger partial charge in [-0.15, -0.1) is 12.4 Å². The molecule has 0 atom stereocenters. The second-order valence-electron chi connectivity index (χ2n) is 4.64. The maximum absolute atomic E-state index is 12.1. The molecule has 0 unspecified atom stereocenters. The topological polar surface area (TPSA) is 77.9 Å². The molecular weight excluding hydrogens is 304 g/mol. The molecule has 0 aliphatic carbocycles. The van der Waals surface area contributed by atoms with Crippen LogP contribution in [-0.2, 0) is 21.2 Å². The highest BCUT2D eigenvalue weighted by Crippen LogP contribution is 2.30. The van der Waals surface area contributed by atoms with Gasteiger partial charge in [0.2, 0.25) is 10.0 Å². The average Bonchev–Trinajstić information content (AvgIpc) is 2.71. The Labute approximate surface area is 124 Å². The molecule has 0 saturated heterocycles. The number of benzene rings is 1. The number of sulfonamides is 1. The molecule has 0 aromatic heterocycles. The predicted molar refractivity (Wildman–Crippen MR) is 78.1 cm³/mol. The molecule has 1 aromatic rings. The summed E-state index contributed by atoms with van der Waals surface area (Å²) in [4.78, 5) is 12.7. The zero-order valence-electron chi connectivity index (χ0n) is 11.2. The van der Waals surface area contributed by atoms with E-state index in [1.165, 1.54) is 14.1 Å². The lowest BCUT2D eigenvalue weighted by atomic mass is 10.2. The first kappa shape index (κ1) is 16.7. The van der Waals surface area contributed by atoms with Crippen molar-refractivity contribution in [2.24, 2.45) is 0 Å². The summed E-state index contributed by atoms with van der Waals surface area (Å²) in [5, 5.41) is 8.85. The van der Waals surface area contributed by atoms with Crippen LogP contribution in [0.3, 0.4) is 0 Å². The first-order valence-corrected chi connectivity index (χ1v) is 7.28. The lowest BCUT2D eigenvalue weighted by Crippen LogP contribution is -2.28. The van der Waals surface area contributed by atoms with E-state index < -0.39 is 16.0 Å². The van der Waals surface area contributed by atoms with Crippen LogP contribution in [0.15, 0.2) is 23.1 Å². The highest BCUT2D eigenvalue weighted by atomic mass is 35.5. The van der Waals surface area contributed by atoms with E-state index in [2.05, 4.69) is 0 Å². The van der Waals surface area contributed by atoms with Crippen molar-refractivity contribution in [3.8, 4) is 0 Å². The fourth-order valence-electron chi connectivity index (χ4n) is 2.12. The summed E-state index contributed by atoms with van der Waals surface area (Å²) in [6, 6.07) is 4.88. The summed E-state index contributed by atoms with van der Waals surface area (Å²) in [5.74, 6) is -0.922. The van der Waals surface area contributed by atoms with E-state index in [1.54, 1.807) is 23.1 Å². The molecule has 1 aliphatic heterocycles. The highest BCUT2D eigenvalue weighted by Gasteiger charge is 2.25. The number of halogens is 1. The zero-order valence-corrected chi connectivity index (χ0v) is 12.9. The predicted octanol–water partition coefficient (Wildman–Crippen LogP) is 0.806. The molecule has 1 aromatic carbocycles. The van der Waals surface area contributed by atoms with E-state index in [1.807, 2.05) is 0 Å². The number of aliphatic carboxylic acids is 1. The lowest BCUT2D eigenvalue weighted by Gasteiger charge is -2.18. The number of carboxylic acids is 1. The quantitative estimate of drug-likeness (QED) is 0.888. The Hall–Kier alpha value is -1.31. The minimum atomic E-state index is -3.49. The summed E-state index contributed by atoms with van der Waals surface area (Å²) in [7, 11) is -0.551. The average molecular weight is 321 g/mol. The second kappa shape index (κ2) is 5.99. The molecule has 0 amide bonds. The molecule has 0 fully saturated rings. The van der Waals surface area contributed by atoms with E-state index in [0.717, 1.165) is 16.3 Å². The van der Waals surface area contributed by atoms with Crippen molar-refractivity contribution in [3.05, 3.63) is 23.8 Å². The summed E-state index contributed by atoms with van der Waals surface area (Å²) in [5.41, 5.74) is 1.68. The van der Waals surface area contributed by atoms with Gasteiger partial charge in [-0.05, 0) is 24.1 Å². The molecule has 0 saturated carbocycles. The van der Waals surface area contributed by atoms with Crippen LogP contribution >= 0.6 is 12.4 Å². The molecule has 1 heterocycles. The largest absolute Gasteiger partial charge is 0.480 e. The Morgan fingerprint density at radius 1 is 1.40 bits per heavy atom. The van der Waals surface area contributed by atoms with Gasteiger partial charge in [0, 0.05) is 26.3 Å². The molecule has 112 valence electrons. The standard InChI is InChI=1S/C12H16N2O4S.ClH/c1-13(2)19(17,18)10-4-3-9-5-6-14(8-12(15)16)11(9)7-10;/h3-4,7H,5-6,8H2,1-2H3,(H,15,16);1H. The zero-order chi connectivity index (χ0) is 14.2. The van der Waals surface area contributed by atoms with E-state index >= 15 is 0 Å². The van der Waals surface area contributed by atoms with Gasteiger partial charge >= 0.3 is 5.97 Å². The van der Waals surface area contributed by atoms with Crippen molar-refractivity contribution in [1.29, 1.82) is 0 Å². The summed E-state index contributed by atoms with van der Waals surface area (Å²) in [6.45, 7) is 0.492. The molecule has 0 spiro atoms. The van der Waals surface area contributed by atoms with E-state index in [-0.39, 0.29) is 23.8 Å². The maximum Gasteiger partial charge on any atom is 0.323 e. The third-order valence-electron chi connectivity index (χ3n) is 3.15. The minimum absolute atomic E-state index is 0. The Bertz CT molecular complexity index is 616. The van der Waals surface area contributed by atoms with Gasteiger partial charge in [0.1, 0.15) is 6.54 Å². The van der Waals surface area contributed by atoms with Gasteiger partial charge in [-0.3, -0.25) is 4.79 Å². The van der Waals surface area contributed by atoms with Crippen LogP contribution in [0.2, 0.25) is 0 Å². The van der Waals surface area contributed by atoms with Crippen molar-refractivity contribution in [1.82, 2.24) is 4.31 Å². The van der Waals surface area contributed by atoms with E-state index in [4.69, 9.17) is 5.11 Å². The first-order valence-electron chi connectivity index (χ1n) is 5.84. The van der Waals surface area contributed by atoms with Crippen LogP contribution in [0.4, 0.5) is 5.69 Å². The van der Waals surface area contributed by atoms with Crippen molar-refractivity contribution < 1.29 is 18.3 Å². The number of fused-ring (bicyclic) bond motifs is 1. The molecule has 1 N–H and O–H groups in total. The van der Waals surface area contributed by atoms with Crippen molar-refractivity contribution in [2.45, 2.75) is 11.3 Å². The Balaban J connectivity index is 0.00000200. The van der Waals surface area contributed by atoms with Crippen LogP contribution in [-0.4, -0.2) is 51.0 Å². The highest BCUT2D eigenvalue weighted by molar-refractivity contribution is 7.89. The lowest BCUT2D eigenvalue weighted by molar-refractivity contribution is -0.135. The van der Waals surface area contributed by atoms with Crippen LogP contribution in [0.5, 0.6) is 0 Å². The Kier molecular flexibility index (Phi) is 5.01. The van der Waals surface area contributed by atoms with Crippen LogP contribution in [0, 0.1) is 0 Å². The van der Waals surface area contributed by atoms with Crippen LogP contribution in [0.25, 0.3) is 0 Å². The number of hydrogen-bond acceptors (Lipinski definition) is 4. The molecule has 0 bridgehead atoms. The van der Waals surface area contributed by atoms with Gasteiger partial charge in [0.05, 0.1) is 4.90 Å². The van der Waals surface area contributed by atoms with Crippen molar-refractivity contribution >= 4 is 34.1 Å². The van der Waals surface area contributed by atoms with Gasteiger partial charge < -0.3 is 10.0 Å². The molecular formula is C12H17ClN2O4S. The Morgan fingerprint density at radius 3 is 2.60 bits per heavy atom. The number of carboxylic acid groups (broad SMARTS) is 1. The smallest absolute Gasteiger partial charge is 0.323 e. The van der Waals surface area contributed by atoms with E-state index in [0.29, 0.717) is 12.2 Å². The first-order chi connectivity index (χ1) is 8.82. The van der Waals surface area contributed by atoms with Gasteiger partial charge in [-0.1, -0.05) is 6.07 Å². The number of nitrogens with zero attached hydrogens (tertiary/aromatic N) is 2. The van der Waals surface area contributed by atoms with Crippen LogP contribution in [0.1, 0.15) is 5.56 Å². The number of hydrogen-bond donors (Lipinski definition) is 1. The molecule has 0 radical (unpaired) electrons. The Morgan fingerprint density at radius 2 is 2.05 bits per heavy atom. The fourth-order valence-corrected chi connectivity index (χ4v) is 3.05. The van der Waals surface area contributed by atoms with E-state index in [9.17, 15) is 13.2 Å². The summed E-state index contributed by atoms with van der Waals surface area (Å²) < 4.78 is 25.2. The molecule has 6 nitrogen and oxygen atoms in total. The normalized spacial score (nSPS) is 14.1. The van der Waals surface area contributed by atoms with Crippen molar-refractivity contribution in [3.63, 3.8) is 0 Å². The molecule has 20 heavy (non-hydrogen) atoms. The van der Waals surface area contributed by atoms with Crippen molar-refractivity contribution in [2.75, 3.05) is 32.1 Å². The third-order valence-corrected chi connectivity index (χ3v) is 4.96. The second-order valence-corrected chi connectivity index (χ2v) is 6.80. The fraction of sp³-hybridized carbons (Fsp3) is 0.417. The minimum Gasteiger partial charge on any atom is -0.480 e. The third kappa shape index (κ3) is 3.05. The van der Waals surface area contributed by atoms with Gasteiger partial charge in [-0.2, -0.15) is 0 Å². The van der Waals surface area contributed by atoms with Gasteiger partial charge in [0.15, 0.2) is 0 Å². The van der Waals surface area contributed by atoms with Gasteiger partial charge in [0.25, 0.3) is 0 Å². The SMILES string of the molecule is CN(C)S(=O)(=O)c1ccc2c(c1)N(CC(=O)O)CC2.Cl. The molecule has 2 rings (SSSR count). The van der Waals surface area contributed by atoms with Crippen LogP contribution < -0.4 is 4.90 Å². The summed E-state index contributed by atoms with van der Waals surface area (Å²) in [6.07, 6.45) is 0.741. The number of carbonyl (C=O) groups is 1. The molecule has 8 heteroatoms. The molecule has 1 aliphatic rings.